The zero-order valence-electron chi connectivity index (χ0n) is 20.1. The topological polar surface area (TPSA) is 82.4 Å². The Balaban J connectivity index is 1.56. The summed E-state index contributed by atoms with van der Waals surface area (Å²) < 4.78 is 27.3. The van der Waals surface area contributed by atoms with Gasteiger partial charge in [0.05, 0.1) is 28.4 Å². The molecule has 8 heteroatoms. The molecule has 0 atom stereocenters. The number of benzene rings is 2. The fraction of sp³-hybridized carbons (Fsp3) is 0.400. The van der Waals surface area contributed by atoms with Gasteiger partial charge in [-0.1, -0.05) is 6.07 Å². The van der Waals surface area contributed by atoms with Gasteiger partial charge >= 0.3 is 0 Å². The number of hydrogen-bond acceptors (Lipinski definition) is 7. The van der Waals surface area contributed by atoms with Gasteiger partial charge in [-0.3, -0.25) is 4.79 Å². The average molecular weight is 457 g/mol. The monoisotopic (exact) mass is 456 g/mol. The highest BCUT2D eigenvalue weighted by molar-refractivity contribution is 6.00. The molecule has 3 rings (SSSR count). The molecule has 33 heavy (non-hydrogen) atoms. The number of aryl methyl sites for hydroxylation is 1. The highest BCUT2D eigenvalue weighted by Crippen LogP contribution is 2.39. The van der Waals surface area contributed by atoms with Crippen molar-refractivity contribution in [1.82, 2.24) is 10.2 Å². The van der Waals surface area contributed by atoms with E-state index < -0.39 is 0 Å². The molecule has 0 unspecified atom stereocenters. The molecule has 0 saturated carbocycles. The highest BCUT2D eigenvalue weighted by atomic mass is 16.5. The van der Waals surface area contributed by atoms with E-state index in [-0.39, 0.29) is 11.7 Å². The number of ether oxygens (including phenoxy) is 4. The maximum absolute atomic E-state index is 12.8. The normalized spacial score (nSPS) is 11.0. The minimum atomic E-state index is -0.252. The van der Waals surface area contributed by atoms with Crippen molar-refractivity contribution < 1.29 is 28.2 Å². The van der Waals surface area contributed by atoms with Gasteiger partial charge in [-0.25, -0.2) is 0 Å². The zero-order chi connectivity index (χ0) is 24.0. The molecule has 1 heterocycles. The SMILES string of the molecule is COc1ccc(CCN(C)CCNC(=O)c2oc3c(OC)c(OC)ccc3c2C)cc1OC. The second-order valence-corrected chi connectivity index (χ2v) is 7.73. The number of furan rings is 1. The Morgan fingerprint density at radius 1 is 0.939 bits per heavy atom. The number of carbonyl (C=O) groups is 1. The van der Waals surface area contributed by atoms with Crippen LogP contribution in [0.15, 0.2) is 34.7 Å². The number of nitrogens with one attached hydrogen (secondary N) is 1. The standard InChI is InChI=1S/C25H32N2O6/c1-16-18-8-10-20(30-4)24(32-6)23(18)33-22(16)25(28)26-12-14-27(2)13-11-17-7-9-19(29-3)21(15-17)31-5/h7-10,15H,11-14H2,1-6H3,(H,26,28). The van der Waals surface area contributed by atoms with Crippen molar-refractivity contribution in [1.29, 1.82) is 0 Å². The van der Waals surface area contributed by atoms with Crippen molar-refractivity contribution in [2.24, 2.45) is 0 Å². The number of nitrogens with zero attached hydrogens (tertiary/aromatic N) is 1. The maximum atomic E-state index is 12.8. The van der Waals surface area contributed by atoms with Crippen LogP contribution in [0, 0.1) is 6.92 Å². The third-order valence-electron chi connectivity index (χ3n) is 5.66. The van der Waals surface area contributed by atoms with E-state index in [0.29, 0.717) is 35.9 Å². The lowest BCUT2D eigenvalue weighted by atomic mass is 10.1. The Labute approximate surface area is 194 Å². The number of likely N-dealkylation sites (N-methyl/N-ethyl adjacent to an activating group) is 1. The third kappa shape index (κ3) is 5.34. The third-order valence-corrected chi connectivity index (χ3v) is 5.66. The van der Waals surface area contributed by atoms with E-state index in [4.69, 9.17) is 23.4 Å². The molecule has 0 spiro atoms. The van der Waals surface area contributed by atoms with Crippen LogP contribution in [0.2, 0.25) is 0 Å². The molecular weight excluding hydrogens is 424 g/mol. The number of fused-ring (bicyclic) bond motifs is 1. The Morgan fingerprint density at radius 3 is 2.30 bits per heavy atom. The van der Waals surface area contributed by atoms with Crippen LogP contribution in [-0.2, 0) is 6.42 Å². The summed E-state index contributed by atoms with van der Waals surface area (Å²) in [4.78, 5) is 14.9. The van der Waals surface area contributed by atoms with E-state index in [2.05, 4.69) is 10.2 Å². The predicted molar refractivity (Wildman–Crippen MR) is 127 cm³/mol. The lowest BCUT2D eigenvalue weighted by Crippen LogP contribution is -2.34. The number of amides is 1. The van der Waals surface area contributed by atoms with E-state index in [1.54, 1.807) is 34.5 Å². The molecule has 1 aromatic heterocycles. The van der Waals surface area contributed by atoms with Crippen LogP contribution >= 0.6 is 0 Å². The molecule has 178 valence electrons. The Kier molecular flexibility index (Phi) is 8.06. The lowest BCUT2D eigenvalue weighted by Gasteiger charge is -2.17. The van der Waals surface area contributed by atoms with Crippen LogP contribution in [0.3, 0.4) is 0 Å². The summed E-state index contributed by atoms with van der Waals surface area (Å²) in [6.07, 6.45) is 0.856. The second kappa shape index (κ2) is 11.0. The van der Waals surface area contributed by atoms with Gasteiger partial charge in [0.2, 0.25) is 5.75 Å². The van der Waals surface area contributed by atoms with Crippen molar-refractivity contribution in [3.05, 3.63) is 47.2 Å². The highest BCUT2D eigenvalue weighted by Gasteiger charge is 2.22. The van der Waals surface area contributed by atoms with Gasteiger partial charge in [-0.05, 0) is 50.2 Å². The molecule has 0 bridgehead atoms. The predicted octanol–water partition coefficient (Wildman–Crippen LogP) is 3.68. The van der Waals surface area contributed by atoms with E-state index in [1.807, 2.05) is 38.2 Å². The molecule has 1 amide bonds. The van der Waals surface area contributed by atoms with E-state index >= 15 is 0 Å². The van der Waals surface area contributed by atoms with Crippen LogP contribution in [0.1, 0.15) is 21.7 Å². The van der Waals surface area contributed by atoms with Gasteiger partial charge in [0.25, 0.3) is 5.91 Å². The van der Waals surface area contributed by atoms with Gasteiger partial charge in [-0.2, -0.15) is 0 Å². The Bertz CT molecular complexity index is 1110. The zero-order valence-corrected chi connectivity index (χ0v) is 20.1. The minimum absolute atomic E-state index is 0.252. The van der Waals surface area contributed by atoms with Gasteiger partial charge < -0.3 is 33.6 Å². The molecule has 3 aromatic rings. The molecule has 0 aliphatic rings. The Morgan fingerprint density at radius 2 is 1.64 bits per heavy atom. The summed E-state index contributed by atoms with van der Waals surface area (Å²) in [7, 11) is 8.39. The first-order valence-electron chi connectivity index (χ1n) is 10.7. The summed E-state index contributed by atoms with van der Waals surface area (Å²) >= 11 is 0. The first-order valence-corrected chi connectivity index (χ1v) is 10.7. The summed E-state index contributed by atoms with van der Waals surface area (Å²) in [5.41, 5.74) is 2.43. The van der Waals surface area contributed by atoms with Crippen molar-refractivity contribution in [2.45, 2.75) is 13.3 Å². The van der Waals surface area contributed by atoms with Crippen LogP contribution in [0.5, 0.6) is 23.0 Å². The molecule has 0 fully saturated rings. The molecular formula is C25H32N2O6. The van der Waals surface area contributed by atoms with Crippen LogP contribution in [0.4, 0.5) is 0 Å². The molecule has 0 saturated heterocycles. The van der Waals surface area contributed by atoms with Gasteiger partial charge in [0.1, 0.15) is 0 Å². The van der Waals surface area contributed by atoms with E-state index in [9.17, 15) is 4.79 Å². The number of hydrogen-bond donors (Lipinski definition) is 1. The second-order valence-electron chi connectivity index (χ2n) is 7.73. The van der Waals surface area contributed by atoms with Crippen molar-refractivity contribution >= 4 is 16.9 Å². The molecule has 8 nitrogen and oxygen atoms in total. The molecule has 2 aromatic carbocycles. The minimum Gasteiger partial charge on any atom is -0.493 e. The number of methoxy groups -OCH3 is 4. The number of rotatable bonds is 11. The van der Waals surface area contributed by atoms with Gasteiger partial charge in [-0.15, -0.1) is 0 Å². The summed E-state index contributed by atoms with van der Waals surface area (Å²) in [6, 6.07) is 9.61. The lowest BCUT2D eigenvalue weighted by molar-refractivity contribution is 0.0923. The molecule has 0 aliphatic heterocycles. The van der Waals surface area contributed by atoms with Crippen LogP contribution < -0.4 is 24.3 Å². The fourth-order valence-corrected chi connectivity index (χ4v) is 3.72. The average Bonchev–Trinajstić information content (AvgIpc) is 3.18. The van der Waals surface area contributed by atoms with Gasteiger partial charge in [0, 0.05) is 30.6 Å². The summed E-state index contributed by atoms with van der Waals surface area (Å²) in [5.74, 6) is 2.51. The van der Waals surface area contributed by atoms with Crippen LogP contribution in [0.25, 0.3) is 11.0 Å². The molecule has 1 N–H and O–H groups in total. The molecule has 0 aliphatic carbocycles. The largest absolute Gasteiger partial charge is 0.493 e. The first-order chi connectivity index (χ1) is 15.9. The smallest absolute Gasteiger partial charge is 0.287 e. The van der Waals surface area contributed by atoms with Gasteiger partial charge in [0.15, 0.2) is 28.6 Å². The van der Waals surface area contributed by atoms with Crippen molar-refractivity contribution in [3.8, 4) is 23.0 Å². The summed E-state index contributed by atoms with van der Waals surface area (Å²) in [5, 5.41) is 3.77. The Hall–Kier alpha value is -3.39. The summed E-state index contributed by atoms with van der Waals surface area (Å²) in [6.45, 7) is 3.90. The van der Waals surface area contributed by atoms with E-state index in [1.165, 1.54) is 0 Å². The number of carbonyl (C=O) groups excluding carboxylic acids is 1. The first kappa shape index (κ1) is 24.3. The van der Waals surface area contributed by atoms with Crippen molar-refractivity contribution in [2.75, 3.05) is 55.1 Å². The molecule has 0 radical (unpaired) electrons. The maximum Gasteiger partial charge on any atom is 0.287 e. The van der Waals surface area contributed by atoms with Crippen LogP contribution in [-0.4, -0.2) is 65.9 Å². The fourth-order valence-electron chi connectivity index (χ4n) is 3.72. The quantitative estimate of drug-likeness (QED) is 0.471. The van der Waals surface area contributed by atoms with E-state index in [0.717, 1.165) is 35.2 Å². The van der Waals surface area contributed by atoms with Crippen molar-refractivity contribution in [3.63, 3.8) is 0 Å².